The minimum atomic E-state index is -0.144. The summed E-state index contributed by atoms with van der Waals surface area (Å²) in [7, 11) is 0. The van der Waals surface area contributed by atoms with Crippen LogP contribution in [0.3, 0.4) is 0 Å². The smallest absolute Gasteiger partial charge is 0.137 e. The van der Waals surface area contributed by atoms with Crippen molar-refractivity contribution in [2.75, 3.05) is 4.90 Å². The maximum Gasteiger partial charge on any atom is 0.137 e. The summed E-state index contributed by atoms with van der Waals surface area (Å²) in [5.74, 6) is 0. The van der Waals surface area contributed by atoms with Crippen LogP contribution >= 0.6 is 0 Å². The van der Waals surface area contributed by atoms with Gasteiger partial charge in [-0.1, -0.05) is 135 Å². The summed E-state index contributed by atoms with van der Waals surface area (Å²) in [6.07, 6.45) is 0. The van der Waals surface area contributed by atoms with Gasteiger partial charge in [-0.05, 0) is 94.0 Å². The standard InChI is InChI=1S/C51H36N2O/c1-51(2)42-30-28-35(31-41(42)49-37(21-13-22-43(49)51)33-15-5-3-6-16-33)52(45-24-14-26-48-50(45)40-20-10-12-25-47(40)54-48)36-27-29-39-38-19-9-11-23-44(38)53(46(39)32-36)34-17-7-4-8-18-34/h3-32H,1-2H3. The van der Waals surface area contributed by atoms with Crippen LogP contribution < -0.4 is 4.90 Å². The Kier molecular flexibility index (Phi) is 6.60. The van der Waals surface area contributed by atoms with Crippen molar-refractivity contribution in [2.24, 2.45) is 0 Å². The second-order valence-electron chi connectivity index (χ2n) is 14.9. The SMILES string of the molecule is CC1(C)c2ccc(N(c3ccc4c5ccccc5n(-c5ccccc5)c4c3)c3cccc4oc5ccccc5c34)cc2-c2c(-c3ccccc3)cccc21. The monoisotopic (exact) mass is 692 g/mol. The molecule has 11 rings (SSSR count). The van der Waals surface area contributed by atoms with Crippen LogP contribution in [0.1, 0.15) is 25.0 Å². The second-order valence-corrected chi connectivity index (χ2v) is 14.9. The molecule has 0 saturated heterocycles. The topological polar surface area (TPSA) is 21.3 Å². The minimum Gasteiger partial charge on any atom is -0.456 e. The Labute approximate surface area is 314 Å². The van der Waals surface area contributed by atoms with Crippen LogP contribution in [-0.4, -0.2) is 4.57 Å². The zero-order valence-corrected chi connectivity index (χ0v) is 30.1. The van der Waals surface area contributed by atoms with Crippen molar-refractivity contribution in [1.82, 2.24) is 4.57 Å². The number of para-hydroxylation sites is 3. The molecule has 0 aliphatic heterocycles. The predicted molar refractivity (Wildman–Crippen MR) is 226 cm³/mol. The summed E-state index contributed by atoms with van der Waals surface area (Å²) >= 11 is 0. The predicted octanol–water partition coefficient (Wildman–Crippen LogP) is 14.1. The van der Waals surface area contributed by atoms with Crippen LogP contribution in [0.4, 0.5) is 17.1 Å². The van der Waals surface area contributed by atoms with Crippen LogP contribution in [0.15, 0.2) is 186 Å². The molecule has 0 amide bonds. The summed E-state index contributed by atoms with van der Waals surface area (Å²) in [6, 6.07) is 65.9. The minimum absolute atomic E-state index is 0.144. The molecule has 0 spiro atoms. The fraction of sp³-hybridized carbons (Fsp3) is 0.0588. The highest BCUT2D eigenvalue weighted by atomic mass is 16.3. The number of rotatable bonds is 5. The average Bonchev–Trinajstić information content (AvgIpc) is 3.84. The molecule has 0 radical (unpaired) electrons. The molecule has 0 bridgehead atoms. The summed E-state index contributed by atoms with van der Waals surface area (Å²) in [5, 5.41) is 4.67. The molecule has 10 aromatic rings. The van der Waals surface area contributed by atoms with Gasteiger partial charge < -0.3 is 13.9 Å². The number of fused-ring (bicyclic) bond motifs is 9. The van der Waals surface area contributed by atoms with Crippen molar-refractivity contribution < 1.29 is 4.42 Å². The molecule has 54 heavy (non-hydrogen) atoms. The Morgan fingerprint density at radius 3 is 2.00 bits per heavy atom. The number of hydrogen-bond acceptors (Lipinski definition) is 2. The lowest BCUT2D eigenvalue weighted by molar-refractivity contribution is 0.660. The molecule has 0 saturated carbocycles. The molecule has 1 aliphatic rings. The van der Waals surface area contributed by atoms with Gasteiger partial charge in [0, 0.05) is 38.6 Å². The molecule has 0 fully saturated rings. The Hall–Kier alpha value is -6.84. The second kappa shape index (κ2) is 11.6. The molecule has 2 heterocycles. The van der Waals surface area contributed by atoms with E-state index in [-0.39, 0.29) is 5.41 Å². The number of aromatic nitrogens is 1. The van der Waals surface area contributed by atoms with Crippen LogP contribution in [0.2, 0.25) is 0 Å². The van der Waals surface area contributed by atoms with E-state index in [1.165, 1.54) is 49.7 Å². The number of nitrogens with zero attached hydrogens (tertiary/aromatic N) is 2. The van der Waals surface area contributed by atoms with E-state index in [1.807, 2.05) is 6.07 Å². The molecule has 0 atom stereocenters. The normalized spacial score (nSPS) is 13.1. The largest absolute Gasteiger partial charge is 0.456 e. The van der Waals surface area contributed by atoms with Gasteiger partial charge in [-0.15, -0.1) is 0 Å². The third kappa shape index (κ3) is 4.42. The molecule has 8 aromatic carbocycles. The van der Waals surface area contributed by atoms with E-state index in [0.29, 0.717) is 0 Å². The Morgan fingerprint density at radius 2 is 1.15 bits per heavy atom. The van der Waals surface area contributed by atoms with Crippen molar-refractivity contribution in [2.45, 2.75) is 19.3 Å². The lowest BCUT2D eigenvalue weighted by Crippen LogP contribution is -2.15. The maximum absolute atomic E-state index is 6.48. The Bertz CT molecular complexity index is 3080. The van der Waals surface area contributed by atoms with Crippen molar-refractivity contribution in [3.05, 3.63) is 193 Å². The first-order chi connectivity index (χ1) is 26.6. The van der Waals surface area contributed by atoms with Gasteiger partial charge >= 0.3 is 0 Å². The fourth-order valence-corrected chi connectivity index (χ4v) is 9.11. The van der Waals surface area contributed by atoms with E-state index in [4.69, 9.17) is 4.42 Å². The molecule has 2 aromatic heterocycles. The Balaban J connectivity index is 1.21. The first-order valence-corrected chi connectivity index (χ1v) is 18.7. The molecule has 0 unspecified atom stereocenters. The van der Waals surface area contributed by atoms with E-state index in [9.17, 15) is 0 Å². The van der Waals surface area contributed by atoms with E-state index in [0.717, 1.165) is 50.2 Å². The van der Waals surface area contributed by atoms with Gasteiger partial charge in [-0.25, -0.2) is 0 Å². The summed E-state index contributed by atoms with van der Waals surface area (Å²) in [4.78, 5) is 2.44. The molecule has 3 heteroatoms. The number of furan rings is 1. The van der Waals surface area contributed by atoms with E-state index >= 15 is 0 Å². The van der Waals surface area contributed by atoms with E-state index in [2.05, 4.69) is 199 Å². The van der Waals surface area contributed by atoms with Gasteiger partial charge in [-0.3, -0.25) is 0 Å². The molecule has 256 valence electrons. The number of hydrogen-bond donors (Lipinski definition) is 0. The van der Waals surface area contributed by atoms with Crippen molar-refractivity contribution >= 4 is 60.8 Å². The van der Waals surface area contributed by atoms with Gasteiger partial charge in [0.25, 0.3) is 0 Å². The van der Waals surface area contributed by atoms with Crippen molar-refractivity contribution in [3.63, 3.8) is 0 Å². The van der Waals surface area contributed by atoms with E-state index < -0.39 is 0 Å². The van der Waals surface area contributed by atoms with Gasteiger partial charge in [0.05, 0.1) is 22.1 Å². The van der Waals surface area contributed by atoms with E-state index in [1.54, 1.807) is 0 Å². The first-order valence-electron chi connectivity index (χ1n) is 18.7. The Morgan fingerprint density at radius 1 is 0.481 bits per heavy atom. The zero-order chi connectivity index (χ0) is 36.0. The lowest BCUT2D eigenvalue weighted by atomic mass is 9.82. The molecular formula is C51H36N2O. The summed E-state index contributed by atoms with van der Waals surface area (Å²) in [6.45, 7) is 4.72. The third-order valence-corrected chi connectivity index (χ3v) is 11.6. The van der Waals surface area contributed by atoms with Crippen molar-refractivity contribution in [3.8, 4) is 27.9 Å². The van der Waals surface area contributed by atoms with Gasteiger partial charge in [-0.2, -0.15) is 0 Å². The van der Waals surface area contributed by atoms with Crippen LogP contribution in [-0.2, 0) is 5.41 Å². The van der Waals surface area contributed by atoms with Crippen LogP contribution in [0.25, 0.3) is 71.7 Å². The highest BCUT2D eigenvalue weighted by Gasteiger charge is 2.37. The quantitative estimate of drug-likeness (QED) is 0.179. The van der Waals surface area contributed by atoms with Crippen LogP contribution in [0.5, 0.6) is 0 Å². The van der Waals surface area contributed by atoms with Gasteiger partial charge in [0.1, 0.15) is 11.2 Å². The fourth-order valence-electron chi connectivity index (χ4n) is 9.11. The third-order valence-electron chi connectivity index (χ3n) is 11.6. The summed E-state index contributed by atoms with van der Waals surface area (Å²) in [5.41, 5.74) is 16.1. The van der Waals surface area contributed by atoms with Crippen LogP contribution in [0, 0.1) is 0 Å². The molecule has 0 N–H and O–H groups in total. The van der Waals surface area contributed by atoms with Gasteiger partial charge in [0.15, 0.2) is 0 Å². The maximum atomic E-state index is 6.48. The zero-order valence-electron chi connectivity index (χ0n) is 30.1. The first kappa shape index (κ1) is 30.8. The molecule has 1 aliphatic carbocycles. The lowest BCUT2D eigenvalue weighted by Gasteiger charge is -2.28. The molecule has 3 nitrogen and oxygen atoms in total. The highest BCUT2D eigenvalue weighted by Crippen LogP contribution is 2.54. The average molecular weight is 693 g/mol. The molecular weight excluding hydrogens is 657 g/mol. The summed E-state index contributed by atoms with van der Waals surface area (Å²) < 4.78 is 8.88. The van der Waals surface area contributed by atoms with Gasteiger partial charge in [0.2, 0.25) is 0 Å². The van der Waals surface area contributed by atoms with Crippen molar-refractivity contribution in [1.29, 1.82) is 0 Å². The number of anilines is 3. The highest BCUT2D eigenvalue weighted by molar-refractivity contribution is 6.15. The number of benzene rings is 8.